The topological polar surface area (TPSA) is 117 Å². The van der Waals surface area contributed by atoms with Gasteiger partial charge in [0.15, 0.2) is 28.1 Å². The number of hydrogen-bond acceptors (Lipinski definition) is 9. The maximum Gasteiger partial charge on any atom is 0.252 e. The van der Waals surface area contributed by atoms with Gasteiger partial charge in [0.1, 0.15) is 19.3 Å². The summed E-state index contributed by atoms with van der Waals surface area (Å²) in [6.07, 6.45) is 0. The first kappa shape index (κ1) is 22.5. The van der Waals surface area contributed by atoms with Crippen LogP contribution < -0.4 is 34.3 Å². The minimum Gasteiger partial charge on any atom is -0.493 e. The molecule has 1 unspecified atom stereocenters. The first-order valence-corrected chi connectivity index (χ1v) is 10.9. The lowest BCUT2D eigenvalue weighted by molar-refractivity contribution is -0.117. The molecule has 0 saturated carbocycles. The van der Waals surface area contributed by atoms with E-state index < -0.39 is 17.9 Å². The molecule has 2 N–H and O–H groups in total. The second kappa shape index (κ2) is 9.41. The van der Waals surface area contributed by atoms with E-state index in [4.69, 9.17) is 23.7 Å². The van der Waals surface area contributed by atoms with E-state index in [1.807, 2.05) is 6.07 Å². The Bertz CT molecular complexity index is 1140. The molecule has 2 heterocycles. The van der Waals surface area contributed by atoms with Gasteiger partial charge in [-0.1, -0.05) is 11.3 Å². The number of nitrogens with zero attached hydrogens (tertiary/aromatic N) is 1. The van der Waals surface area contributed by atoms with Crippen LogP contribution >= 0.6 is 11.3 Å². The summed E-state index contributed by atoms with van der Waals surface area (Å²) in [5, 5.41) is 5.82. The van der Waals surface area contributed by atoms with Gasteiger partial charge >= 0.3 is 0 Å². The molecule has 0 saturated heterocycles. The summed E-state index contributed by atoms with van der Waals surface area (Å²) in [4.78, 5) is 29.9. The van der Waals surface area contributed by atoms with E-state index in [1.165, 1.54) is 44.8 Å². The minimum absolute atomic E-state index is 0.259. The zero-order valence-corrected chi connectivity index (χ0v) is 19.3. The maximum absolute atomic E-state index is 12.8. The number of methoxy groups -OCH3 is 3. The molecule has 1 aliphatic heterocycles. The Morgan fingerprint density at radius 1 is 1.00 bits per heavy atom. The highest BCUT2D eigenvalue weighted by Gasteiger charge is 2.22. The van der Waals surface area contributed by atoms with Crippen molar-refractivity contribution in [1.82, 2.24) is 10.3 Å². The highest BCUT2D eigenvalue weighted by Crippen LogP contribution is 2.39. The van der Waals surface area contributed by atoms with E-state index in [2.05, 4.69) is 15.6 Å². The van der Waals surface area contributed by atoms with Gasteiger partial charge in [-0.25, -0.2) is 4.98 Å². The number of carbonyl (C=O) groups is 2. The molecule has 4 rings (SSSR count). The number of rotatable bonds is 7. The quantitative estimate of drug-likeness (QED) is 0.538. The molecule has 0 aliphatic carbocycles. The Hall–Kier alpha value is -3.73. The van der Waals surface area contributed by atoms with E-state index in [1.54, 1.807) is 13.0 Å². The van der Waals surface area contributed by atoms with Crippen LogP contribution in [0.4, 0.5) is 5.13 Å². The van der Waals surface area contributed by atoms with Crippen LogP contribution in [0.15, 0.2) is 24.3 Å². The number of benzene rings is 2. The maximum atomic E-state index is 12.8. The van der Waals surface area contributed by atoms with Crippen molar-refractivity contribution in [1.29, 1.82) is 0 Å². The zero-order valence-electron chi connectivity index (χ0n) is 18.5. The highest BCUT2D eigenvalue weighted by molar-refractivity contribution is 7.22. The summed E-state index contributed by atoms with van der Waals surface area (Å²) >= 11 is 1.31. The summed E-state index contributed by atoms with van der Waals surface area (Å²) in [5.41, 5.74) is 0.948. The number of aromatic nitrogens is 1. The van der Waals surface area contributed by atoms with Crippen LogP contribution in [-0.4, -0.2) is 57.4 Å². The fraction of sp³-hybridized carbons (Fsp3) is 0.318. The first-order chi connectivity index (χ1) is 15.9. The number of hydrogen-bond donors (Lipinski definition) is 2. The highest BCUT2D eigenvalue weighted by atomic mass is 32.1. The third-order valence-corrected chi connectivity index (χ3v) is 5.88. The molecule has 0 fully saturated rings. The Labute approximate surface area is 193 Å². The van der Waals surface area contributed by atoms with Crippen molar-refractivity contribution in [3.05, 3.63) is 29.8 Å². The average molecular weight is 474 g/mol. The molecular weight excluding hydrogens is 450 g/mol. The third kappa shape index (κ3) is 4.58. The lowest BCUT2D eigenvalue weighted by atomic mass is 10.1. The summed E-state index contributed by atoms with van der Waals surface area (Å²) < 4.78 is 27.8. The van der Waals surface area contributed by atoms with Gasteiger partial charge < -0.3 is 34.3 Å². The van der Waals surface area contributed by atoms with Gasteiger partial charge in [-0.15, -0.1) is 0 Å². The van der Waals surface area contributed by atoms with E-state index in [0.29, 0.717) is 52.6 Å². The molecule has 11 heteroatoms. The summed E-state index contributed by atoms with van der Waals surface area (Å²) in [6.45, 7) is 2.55. The lowest BCUT2D eigenvalue weighted by Crippen LogP contribution is -2.41. The van der Waals surface area contributed by atoms with Gasteiger partial charge in [-0.2, -0.15) is 0 Å². The molecule has 0 spiro atoms. The molecule has 1 aliphatic rings. The van der Waals surface area contributed by atoms with Crippen LogP contribution in [0.1, 0.15) is 17.3 Å². The average Bonchev–Trinajstić information content (AvgIpc) is 3.21. The molecule has 0 bridgehead atoms. The van der Waals surface area contributed by atoms with Crippen molar-refractivity contribution in [3.8, 4) is 28.7 Å². The Balaban J connectivity index is 1.46. The number of carbonyl (C=O) groups excluding carboxylic acids is 2. The van der Waals surface area contributed by atoms with E-state index in [0.717, 1.165) is 4.70 Å². The SMILES string of the molecule is COc1cc(C(=O)NC(C)C(=O)Nc2nc3cc4c(cc3s2)OCCO4)cc(OC)c1OC. The molecule has 2 amide bonds. The van der Waals surface area contributed by atoms with E-state index in [9.17, 15) is 9.59 Å². The smallest absolute Gasteiger partial charge is 0.252 e. The first-order valence-electron chi connectivity index (χ1n) is 10.1. The normalized spacial score (nSPS) is 13.2. The second-order valence-electron chi connectivity index (χ2n) is 7.08. The van der Waals surface area contributed by atoms with Crippen molar-refractivity contribution in [3.63, 3.8) is 0 Å². The Morgan fingerprint density at radius 3 is 2.24 bits per heavy atom. The standard InChI is InChI=1S/C22H23N3O7S/c1-11(23-21(27)12-7-16(28-2)19(30-4)17(8-12)29-3)20(26)25-22-24-13-9-14-15(10-18(13)33-22)32-6-5-31-14/h7-11H,5-6H2,1-4H3,(H,23,27)(H,24,25,26). The number of amides is 2. The van der Waals surface area contributed by atoms with Crippen molar-refractivity contribution in [2.45, 2.75) is 13.0 Å². The lowest BCUT2D eigenvalue weighted by Gasteiger charge is -2.17. The largest absolute Gasteiger partial charge is 0.493 e. The van der Waals surface area contributed by atoms with Crippen molar-refractivity contribution < 1.29 is 33.3 Å². The molecule has 10 nitrogen and oxygen atoms in total. The van der Waals surface area contributed by atoms with Crippen LogP contribution in [-0.2, 0) is 4.79 Å². The number of thiazole rings is 1. The molecular formula is C22H23N3O7S. The second-order valence-corrected chi connectivity index (χ2v) is 8.11. The molecule has 0 radical (unpaired) electrons. The number of ether oxygens (including phenoxy) is 5. The molecule has 1 atom stereocenters. The molecule has 174 valence electrons. The fourth-order valence-corrected chi connectivity index (χ4v) is 4.17. The Morgan fingerprint density at radius 2 is 1.64 bits per heavy atom. The van der Waals surface area contributed by atoms with Gasteiger partial charge in [0.05, 0.1) is 31.5 Å². The van der Waals surface area contributed by atoms with Crippen LogP contribution in [0.3, 0.4) is 0 Å². The monoisotopic (exact) mass is 473 g/mol. The predicted molar refractivity (Wildman–Crippen MR) is 122 cm³/mol. The van der Waals surface area contributed by atoms with Gasteiger partial charge in [0.2, 0.25) is 11.7 Å². The van der Waals surface area contributed by atoms with E-state index >= 15 is 0 Å². The number of fused-ring (bicyclic) bond motifs is 2. The number of nitrogens with one attached hydrogen (secondary N) is 2. The summed E-state index contributed by atoms with van der Waals surface area (Å²) in [5.74, 6) is 1.45. The molecule has 33 heavy (non-hydrogen) atoms. The van der Waals surface area contributed by atoms with E-state index in [-0.39, 0.29) is 5.56 Å². The third-order valence-electron chi connectivity index (χ3n) is 4.95. The predicted octanol–water partition coefficient (Wildman–Crippen LogP) is 2.85. The number of anilines is 1. The molecule has 1 aromatic heterocycles. The van der Waals surface area contributed by atoms with Gasteiger partial charge in [0, 0.05) is 17.7 Å². The van der Waals surface area contributed by atoms with Gasteiger partial charge in [0.25, 0.3) is 5.91 Å². The van der Waals surface area contributed by atoms with Crippen molar-refractivity contribution in [2.24, 2.45) is 0 Å². The fourth-order valence-electron chi connectivity index (χ4n) is 3.29. The molecule has 2 aromatic carbocycles. The van der Waals surface area contributed by atoms with Crippen LogP contribution in [0.2, 0.25) is 0 Å². The van der Waals surface area contributed by atoms with Gasteiger partial charge in [-0.05, 0) is 19.1 Å². The molecule has 3 aromatic rings. The van der Waals surface area contributed by atoms with Crippen molar-refractivity contribution >= 4 is 38.5 Å². The minimum atomic E-state index is -0.830. The van der Waals surface area contributed by atoms with Crippen LogP contribution in [0.5, 0.6) is 28.7 Å². The van der Waals surface area contributed by atoms with Crippen molar-refractivity contribution in [2.75, 3.05) is 39.9 Å². The Kier molecular flexibility index (Phi) is 6.40. The van der Waals surface area contributed by atoms with Gasteiger partial charge in [-0.3, -0.25) is 9.59 Å². The van der Waals surface area contributed by atoms with Crippen LogP contribution in [0, 0.1) is 0 Å². The zero-order chi connectivity index (χ0) is 23.5. The van der Waals surface area contributed by atoms with Crippen LogP contribution in [0.25, 0.3) is 10.2 Å². The summed E-state index contributed by atoms with van der Waals surface area (Å²) in [7, 11) is 4.40. The summed E-state index contributed by atoms with van der Waals surface area (Å²) in [6, 6.07) is 5.82.